The smallest absolute Gasteiger partial charge is 0.341 e. The number of anilines is 2. The first-order valence-electron chi connectivity index (χ1n) is 7.60. The number of hydrogen-bond donors (Lipinski definition) is 1. The molecule has 0 radical (unpaired) electrons. The van der Waals surface area contributed by atoms with Gasteiger partial charge in [-0.3, -0.25) is 4.79 Å². The highest BCUT2D eigenvalue weighted by atomic mass is 35.5. The van der Waals surface area contributed by atoms with E-state index >= 15 is 0 Å². The molecule has 1 aliphatic heterocycles. The van der Waals surface area contributed by atoms with Crippen LogP contribution in [0.25, 0.3) is 0 Å². The molecule has 0 aliphatic carbocycles. The Morgan fingerprint density at radius 1 is 1.16 bits per heavy atom. The molecule has 1 aliphatic rings. The average Bonchev–Trinajstić information content (AvgIpc) is 3.10. The van der Waals surface area contributed by atoms with E-state index in [1.165, 1.54) is 18.5 Å². The van der Waals surface area contributed by atoms with Crippen LogP contribution in [0.5, 0.6) is 0 Å². The van der Waals surface area contributed by atoms with Gasteiger partial charge in [-0.05, 0) is 31.0 Å². The van der Waals surface area contributed by atoms with Crippen molar-refractivity contribution in [1.82, 2.24) is 9.97 Å². The SMILES string of the molecule is O=C(Nc1ccc(Cl)cc1C(F)(F)F)c1cnc(N2CCCC2)nc1. The van der Waals surface area contributed by atoms with E-state index in [1.807, 2.05) is 4.90 Å². The molecule has 0 spiro atoms. The van der Waals surface area contributed by atoms with Crippen LogP contribution in [0.4, 0.5) is 24.8 Å². The van der Waals surface area contributed by atoms with E-state index in [2.05, 4.69) is 15.3 Å². The van der Waals surface area contributed by atoms with Crippen LogP contribution in [0.15, 0.2) is 30.6 Å². The number of carbonyl (C=O) groups is 1. The van der Waals surface area contributed by atoms with Gasteiger partial charge in [-0.1, -0.05) is 11.6 Å². The number of aromatic nitrogens is 2. The quantitative estimate of drug-likeness (QED) is 0.887. The fraction of sp³-hybridized carbons (Fsp3) is 0.312. The van der Waals surface area contributed by atoms with E-state index < -0.39 is 17.6 Å². The summed E-state index contributed by atoms with van der Waals surface area (Å²) in [7, 11) is 0. The molecule has 5 nitrogen and oxygen atoms in total. The van der Waals surface area contributed by atoms with Crippen LogP contribution in [0.1, 0.15) is 28.8 Å². The van der Waals surface area contributed by atoms with E-state index in [0.29, 0.717) is 5.95 Å². The van der Waals surface area contributed by atoms with Crippen molar-refractivity contribution in [2.24, 2.45) is 0 Å². The normalized spacial score (nSPS) is 14.6. The van der Waals surface area contributed by atoms with Crippen molar-refractivity contribution >= 4 is 29.1 Å². The molecule has 1 aromatic carbocycles. The lowest BCUT2D eigenvalue weighted by molar-refractivity contribution is -0.136. The summed E-state index contributed by atoms with van der Waals surface area (Å²) in [6.07, 6.45) is 0.0900. The summed E-state index contributed by atoms with van der Waals surface area (Å²) < 4.78 is 39.2. The van der Waals surface area contributed by atoms with E-state index in [-0.39, 0.29) is 16.3 Å². The molecule has 9 heteroatoms. The lowest BCUT2D eigenvalue weighted by Crippen LogP contribution is -2.21. The van der Waals surface area contributed by atoms with Crippen molar-refractivity contribution < 1.29 is 18.0 Å². The number of carbonyl (C=O) groups excluding carboxylic acids is 1. The molecule has 0 saturated carbocycles. The summed E-state index contributed by atoms with van der Waals surface area (Å²) in [6.45, 7) is 1.70. The Morgan fingerprint density at radius 3 is 2.40 bits per heavy atom. The van der Waals surface area contributed by atoms with Crippen LogP contribution >= 0.6 is 11.6 Å². The van der Waals surface area contributed by atoms with Gasteiger partial charge < -0.3 is 10.2 Å². The number of amides is 1. The largest absolute Gasteiger partial charge is 0.418 e. The molecular formula is C16H14ClF3N4O. The van der Waals surface area contributed by atoms with E-state index in [0.717, 1.165) is 38.1 Å². The highest BCUT2D eigenvalue weighted by molar-refractivity contribution is 6.30. The minimum Gasteiger partial charge on any atom is -0.341 e. The van der Waals surface area contributed by atoms with Crippen LogP contribution in [0.3, 0.4) is 0 Å². The highest BCUT2D eigenvalue weighted by Crippen LogP contribution is 2.36. The number of halogens is 4. The summed E-state index contributed by atoms with van der Waals surface area (Å²) >= 11 is 5.62. The number of alkyl halides is 3. The fourth-order valence-electron chi connectivity index (χ4n) is 2.57. The molecule has 1 N–H and O–H groups in total. The van der Waals surface area contributed by atoms with Crippen molar-refractivity contribution in [3.05, 3.63) is 46.7 Å². The Labute approximate surface area is 146 Å². The molecule has 3 rings (SSSR count). The summed E-state index contributed by atoms with van der Waals surface area (Å²) in [5, 5.41) is 2.17. The first kappa shape index (κ1) is 17.5. The predicted molar refractivity (Wildman–Crippen MR) is 87.9 cm³/mol. The molecule has 2 heterocycles. The molecule has 1 saturated heterocycles. The maximum Gasteiger partial charge on any atom is 0.418 e. The third-order valence-electron chi connectivity index (χ3n) is 3.82. The second kappa shape index (κ2) is 6.87. The molecule has 132 valence electrons. The van der Waals surface area contributed by atoms with Gasteiger partial charge in [0.15, 0.2) is 0 Å². The second-order valence-electron chi connectivity index (χ2n) is 5.61. The first-order valence-corrected chi connectivity index (χ1v) is 7.97. The van der Waals surface area contributed by atoms with Gasteiger partial charge in [0.05, 0.1) is 16.8 Å². The summed E-state index contributed by atoms with van der Waals surface area (Å²) in [5.41, 5.74) is -1.31. The molecule has 2 aromatic rings. The highest BCUT2D eigenvalue weighted by Gasteiger charge is 2.34. The Hall–Kier alpha value is -2.35. The molecule has 0 atom stereocenters. The van der Waals surface area contributed by atoms with Crippen molar-refractivity contribution in [3.63, 3.8) is 0 Å². The van der Waals surface area contributed by atoms with Crippen LogP contribution < -0.4 is 10.2 Å². The molecule has 0 bridgehead atoms. The van der Waals surface area contributed by atoms with Crippen LogP contribution in [-0.2, 0) is 6.18 Å². The number of nitrogens with zero attached hydrogens (tertiary/aromatic N) is 3. The topological polar surface area (TPSA) is 58.1 Å². The molecule has 1 fully saturated rings. The zero-order chi connectivity index (χ0) is 18.0. The summed E-state index contributed by atoms with van der Waals surface area (Å²) in [4.78, 5) is 22.4. The van der Waals surface area contributed by atoms with E-state index in [1.54, 1.807) is 0 Å². The number of rotatable bonds is 3. The van der Waals surface area contributed by atoms with Crippen LogP contribution in [0, 0.1) is 0 Å². The van der Waals surface area contributed by atoms with Gasteiger partial charge in [-0.2, -0.15) is 13.2 Å². The Morgan fingerprint density at radius 2 is 1.80 bits per heavy atom. The minimum atomic E-state index is -4.64. The Balaban J connectivity index is 1.78. The third-order valence-corrected chi connectivity index (χ3v) is 4.06. The van der Waals surface area contributed by atoms with Gasteiger partial charge in [0.25, 0.3) is 5.91 Å². The summed E-state index contributed by atoms with van der Waals surface area (Å²) in [5.74, 6) is -0.211. The zero-order valence-corrected chi connectivity index (χ0v) is 13.7. The first-order chi connectivity index (χ1) is 11.8. The standard InChI is InChI=1S/C16H14ClF3N4O/c17-11-3-4-13(12(7-11)16(18,19)20)23-14(25)10-8-21-15(22-9-10)24-5-1-2-6-24/h3-4,7-9H,1-2,5-6H2,(H,23,25). The molecule has 25 heavy (non-hydrogen) atoms. The van der Waals surface area contributed by atoms with E-state index in [9.17, 15) is 18.0 Å². The van der Waals surface area contributed by atoms with Crippen molar-refractivity contribution in [2.75, 3.05) is 23.3 Å². The third kappa shape index (κ3) is 4.01. The van der Waals surface area contributed by atoms with Crippen molar-refractivity contribution in [3.8, 4) is 0 Å². The van der Waals surface area contributed by atoms with Gasteiger partial charge in [0, 0.05) is 30.5 Å². The van der Waals surface area contributed by atoms with Crippen molar-refractivity contribution in [1.29, 1.82) is 0 Å². The number of benzene rings is 1. The van der Waals surface area contributed by atoms with Gasteiger partial charge in [0.1, 0.15) is 0 Å². The minimum absolute atomic E-state index is 0.0661. The number of hydrogen-bond acceptors (Lipinski definition) is 4. The van der Waals surface area contributed by atoms with Crippen LogP contribution in [0.2, 0.25) is 5.02 Å². The van der Waals surface area contributed by atoms with Crippen molar-refractivity contribution in [2.45, 2.75) is 19.0 Å². The van der Waals surface area contributed by atoms with Gasteiger partial charge >= 0.3 is 6.18 Å². The fourth-order valence-corrected chi connectivity index (χ4v) is 2.75. The molecular weight excluding hydrogens is 357 g/mol. The monoisotopic (exact) mass is 370 g/mol. The lowest BCUT2D eigenvalue weighted by atomic mass is 10.1. The number of nitrogens with one attached hydrogen (secondary N) is 1. The van der Waals surface area contributed by atoms with Gasteiger partial charge in [-0.25, -0.2) is 9.97 Å². The zero-order valence-electron chi connectivity index (χ0n) is 13.0. The predicted octanol–water partition coefficient (Wildman–Crippen LogP) is 4.00. The van der Waals surface area contributed by atoms with Gasteiger partial charge in [-0.15, -0.1) is 0 Å². The van der Waals surface area contributed by atoms with E-state index in [4.69, 9.17) is 11.6 Å². The summed E-state index contributed by atoms with van der Waals surface area (Å²) in [6, 6.07) is 3.16. The Bertz CT molecular complexity index is 774. The Kier molecular flexibility index (Phi) is 4.80. The average molecular weight is 371 g/mol. The molecule has 0 unspecified atom stereocenters. The van der Waals surface area contributed by atoms with Crippen LogP contribution in [-0.4, -0.2) is 29.0 Å². The second-order valence-corrected chi connectivity index (χ2v) is 6.04. The lowest BCUT2D eigenvalue weighted by Gasteiger charge is -2.15. The maximum atomic E-state index is 13.1. The maximum absolute atomic E-state index is 13.1. The van der Waals surface area contributed by atoms with Gasteiger partial charge in [0.2, 0.25) is 5.95 Å². The molecule has 1 aromatic heterocycles. The molecule has 1 amide bonds.